The second-order valence-corrected chi connectivity index (χ2v) is 4.54. The Kier molecular flexibility index (Phi) is 4.36. The van der Waals surface area contributed by atoms with Gasteiger partial charge in [-0.2, -0.15) is 14.0 Å². The number of nitrogens with zero attached hydrogens (tertiary/aromatic N) is 1. The van der Waals surface area contributed by atoms with Crippen molar-refractivity contribution in [3.05, 3.63) is 64.7 Å². The highest BCUT2D eigenvalue weighted by Crippen LogP contribution is 2.33. The maximum atomic E-state index is 14.0. The molecule has 0 unspecified atom stereocenters. The van der Waals surface area contributed by atoms with Crippen LogP contribution in [0.3, 0.4) is 0 Å². The standard InChI is InChI=1S/C16H11F4NO/c1-2-10-3-5-11(6-4-10)16(19,20)22-12-7-14(17)13(9-21)15(18)8-12/h3-8H,2H2,1H3. The first-order valence-corrected chi connectivity index (χ1v) is 6.42. The van der Waals surface area contributed by atoms with Gasteiger partial charge >= 0.3 is 6.11 Å². The van der Waals surface area contributed by atoms with Gasteiger partial charge in [0.15, 0.2) is 0 Å². The monoisotopic (exact) mass is 309 g/mol. The van der Waals surface area contributed by atoms with Crippen molar-refractivity contribution in [3.8, 4) is 11.8 Å². The summed E-state index contributed by atoms with van der Waals surface area (Å²) in [5, 5.41) is 8.53. The van der Waals surface area contributed by atoms with Gasteiger partial charge in [-0.1, -0.05) is 19.1 Å². The molecule has 0 aliphatic rings. The largest absolute Gasteiger partial charge is 0.429 e. The fraction of sp³-hybridized carbons (Fsp3) is 0.188. The first kappa shape index (κ1) is 15.8. The van der Waals surface area contributed by atoms with E-state index in [-0.39, 0.29) is 0 Å². The number of benzene rings is 2. The maximum Gasteiger partial charge on any atom is 0.426 e. The minimum atomic E-state index is -3.75. The van der Waals surface area contributed by atoms with Crippen LogP contribution in [-0.4, -0.2) is 0 Å². The smallest absolute Gasteiger partial charge is 0.426 e. The zero-order valence-electron chi connectivity index (χ0n) is 11.5. The lowest BCUT2D eigenvalue weighted by molar-refractivity contribution is -0.185. The van der Waals surface area contributed by atoms with Crippen molar-refractivity contribution in [1.29, 1.82) is 5.26 Å². The van der Waals surface area contributed by atoms with Crippen LogP contribution in [0.15, 0.2) is 36.4 Å². The molecule has 2 nitrogen and oxygen atoms in total. The molecule has 6 heteroatoms. The molecule has 2 aromatic carbocycles. The van der Waals surface area contributed by atoms with E-state index in [1.54, 1.807) is 0 Å². The van der Waals surface area contributed by atoms with Crippen LogP contribution < -0.4 is 4.74 Å². The number of alkyl halides is 2. The molecule has 0 saturated heterocycles. The Morgan fingerprint density at radius 2 is 1.64 bits per heavy atom. The Hall–Kier alpha value is -2.55. The van der Waals surface area contributed by atoms with Gasteiger partial charge in [-0.25, -0.2) is 8.78 Å². The molecule has 0 fully saturated rings. The molecule has 0 N–H and O–H groups in total. The molecule has 0 radical (unpaired) electrons. The zero-order valence-corrected chi connectivity index (χ0v) is 11.5. The van der Waals surface area contributed by atoms with Gasteiger partial charge in [-0.15, -0.1) is 0 Å². The summed E-state index contributed by atoms with van der Waals surface area (Å²) in [4.78, 5) is 0. The van der Waals surface area contributed by atoms with Crippen LogP contribution in [0, 0.1) is 23.0 Å². The van der Waals surface area contributed by atoms with E-state index in [0.717, 1.165) is 5.56 Å². The molecule has 0 heterocycles. The third-order valence-corrected chi connectivity index (χ3v) is 3.07. The first-order valence-electron chi connectivity index (χ1n) is 6.42. The highest BCUT2D eigenvalue weighted by atomic mass is 19.3. The third kappa shape index (κ3) is 3.19. The van der Waals surface area contributed by atoms with Crippen molar-refractivity contribution >= 4 is 0 Å². The van der Waals surface area contributed by atoms with Crippen molar-refractivity contribution in [2.24, 2.45) is 0 Å². The number of rotatable bonds is 4. The quantitative estimate of drug-likeness (QED) is 0.778. The molecule has 114 valence electrons. The molecule has 0 aliphatic carbocycles. The normalized spacial score (nSPS) is 11.1. The molecule has 22 heavy (non-hydrogen) atoms. The SMILES string of the molecule is CCc1ccc(C(F)(F)Oc2cc(F)c(C#N)c(F)c2)cc1. The van der Waals surface area contributed by atoms with Crippen molar-refractivity contribution in [1.82, 2.24) is 0 Å². The first-order chi connectivity index (χ1) is 10.4. The van der Waals surface area contributed by atoms with Crippen LogP contribution in [-0.2, 0) is 12.5 Å². The summed E-state index contributed by atoms with van der Waals surface area (Å²) in [5.74, 6) is -3.21. The van der Waals surface area contributed by atoms with E-state index in [1.165, 1.54) is 30.3 Å². The summed E-state index contributed by atoms with van der Waals surface area (Å²) in [6.45, 7) is 1.88. The van der Waals surface area contributed by atoms with E-state index < -0.39 is 34.6 Å². The third-order valence-electron chi connectivity index (χ3n) is 3.07. The highest BCUT2D eigenvalue weighted by Gasteiger charge is 2.35. The van der Waals surface area contributed by atoms with Gasteiger partial charge < -0.3 is 4.74 Å². The summed E-state index contributed by atoms with van der Waals surface area (Å²) in [7, 11) is 0. The Morgan fingerprint density at radius 3 is 2.09 bits per heavy atom. The average molecular weight is 309 g/mol. The van der Waals surface area contributed by atoms with E-state index in [0.29, 0.717) is 18.6 Å². The Labute approximate surface area is 124 Å². The summed E-state index contributed by atoms with van der Waals surface area (Å²) < 4.78 is 59.2. The van der Waals surface area contributed by atoms with Gasteiger partial charge in [0.2, 0.25) is 0 Å². The van der Waals surface area contributed by atoms with Gasteiger partial charge in [-0.05, 0) is 24.1 Å². The van der Waals surface area contributed by atoms with Crippen molar-refractivity contribution in [2.45, 2.75) is 19.5 Å². The fourth-order valence-electron chi connectivity index (χ4n) is 1.86. The van der Waals surface area contributed by atoms with E-state index in [9.17, 15) is 17.6 Å². The minimum Gasteiger partial charge on any atom is -0.429 e. The Morgan fingerprint density at radius 1 is 1.09 bits per heavy atom. The maximum absolute atomic E-state index is 14.0. The molecule has 0 aromatic heterocycles. The van der Waals surface area contributed by atoms with Crippen molar-refractivity contribution in [3.63, 3.8) is 0 Å². The van der Waals surface area contributed by atoms with Gasteiger partial charge in [0, 0.05) is 12.1 Å². The molecule has 0 amide bonds. The van der Waals surface area contributed by atoms with Crippen LogP contribution in [0.25, 0.3) is 0 Å². The van der Waals surface area contributed by atoms with Gasteiger partial charge in [0.1, 0.15) is 29.0 Å². The molecule has 2 rings (SSSR count). The molecule has 0 saturated carbocycles. The number of hydrogen-bond donors (Lipinski definition) is 0. The predicted molar refractivity (Wildman–Crippen MR) is 71.4 cm³/mol. The zero-order chi connectivity index (χ0) is 16.3. The number of nitriles is 1. The minimum absolute atomic E-state index is 0.435. The van der Waals surface area contributed by atoms with Crippen LogP contribution in [0.2, 0.25) is 0 Å². The number of ether oxygens (including phenoxy) is 1. The topological polar surface area (TPSA) is 33.0 Å². The van der Waals surface area contributed by atoms with Crippen LogP contribution >= 0.6 is 0 Å². The number of hydrogen-bond acceptors (Lipinski definition) is 2. The van der Waals surface area contributed by atoms with E-state index in [1.807, 2.05) is 6.92 Å². The van der Waals surface area contributed by atoms with Crippen LogP contribution in [0.1, 0.15) is 23.6 Å². The lowest BCUT2D eigenvalue weighted by atomic mass is 10.1. The number of halogens is 4. The predicted octanol–water partition coefficient (Wildman–Crippen LogP) is 4.53. The molecular formula is C16H11F4NO. The highest BCUT2D eigenvalue weighted by molar-refractivity contribution is 5.38. The summed E-state index contributed by atoms with van der Waals surface area (Å²) >= 11 is 0. The van der Waals surface area contributed by atoms with Crippen LogP contribution in [0.5, 0.6) is 5.75 Å². The van der Waals surface area contributed by atoms with Crippen molar-refractivity contribution < 1.29 is 22.3 Å². The lowest BCUT2D eigenvalue weighted by Gasteiger charge is -2.18. The summed E-state index contributed by atoms with van der Waals surface area (Å²) in [6.07, 6.45) is -3.06. The molecule has 2 aromatic rings. The van der Waals surface area contributed by atoms with E-state index in [2.05, 4.69) is 4.74 Å². The van der Waals surface area contributed by atoms with E-state index in [4.69, 9.17) is 5.26 Å². The molecule has 0 aliphatic heterocycles. The van der Waals surface area contributed by atoms with Gasteiger partial charge in [-0.3, -0.25) is 0 Å². The summed E-state index contributed by atoms with van der Waals surface area (Å²) in [6, 6.07) is 7.83. The van der Waals surface area contributed by atoms with Crippen molar-refractivity contribution in [2.75, 3.05) is 0 Å². The Bertz CT molecular complexity index is 697. The number of aryl methyl sites for hydroxylation is 1. The van der Waals surface area contributed by atoms with Gasteiger partial charge in [0.05, 0.1) is 5.56 Å². The second kappa shape index (κ2) is 6.06. The average Bonchev–Trinajstić information content (AvgIpc) is 2.46. The Balaban J connectivity index is 2.30. The molecular weight excluding hydrogens is 298 g/mol. The second-order valence-electron chi connectivity index (χ2n) is 4.54. The fourth-order valence-corrected chi connectivity index (χ4v) is 1.86. The molecule has 0 atom stereocenters. The molecule has 0 bridgehead atoms. The van der Waals surface area contributed by atoms with Gasteiger partial charge in [0.25, 0.3) is 0 Å². The lowest BCUT2D eigenvalue weighted by Crippen LogP contribution is -2.22. The molecule has 0 spiro atoms. The summed E-state index contributed by atoms with van der Waals surface area (Å²) in [5.41, 5.74) is -0.409. The van der Waals surface area contributed by atoms with Crippen LogP contribution in [0.4, 0.5) is 17.6 Å². The van der Waals surface area contributed by atoms with E-state index >= 15 is 0 Å².